The molecule has 4 bridgehead atoms. The van der Waals surface area contributed by atoms with E-state index in [1.807, 2.05) is 0 Å². The van der Waals surface area contributed by atoms with Crippen molar-refractivity contribution in [2.45, 2.75) is 44.1 Å². The number of nitrogens with one attached hydrogen (secondary N) is 2. The van der Waals surface area contributed by atoms with Crippen LogP contribution in [-0.2, 0) is 9.53 Å². The van der Waals surface area contributed by atoms with Crippen LogP contribution in [-0.4, -0.2) is 35.0 Å². The van der Waals surface area contributed by atoms with Gasteiger partial charge in [-0.1, -0.05) is 12.1 Å². The van der Waals surface area contributed by atoms with E-state index in [1.165, 1.54) is 43.5 Å². The number of nitro benzene ring substituents is 1. The second kappa shape index (κ2) is 7.46. The molecule has 1 aromatic rings. The van der Waals surface area contributed by atoms with Crippen molar-refractivity contribution in [3.8, 4) is 0 Å². The molecule has 0 spiro atoms. The zero-order valence-electron chi connectivity index (χ0n) is 15.9. The second-order valence-electron chi connectivity index (χ2n) is 8.55. The smallest absolute Gasteiger partial charge is 0.345 e. The van der Waals surface area contributed by atoms with Gasteiger partial charge >= 0.3 is 12.0 Å². The highest BCUT2D eigenvalue weighted by molar-refractivity contribution is 5.98. The van der Waals surface area contributed by atoms with Crippen LogP contribution < -0.4 is 10.6 Å². The molecular weight excluding hydrogens is 378 g/mol. The predicted molar refractivity (Wildman–Crippen MR) is 101 cm³/mol. The van der Waals surface area contributed by atoms with Gasteiger partial charge in [0.15, 0.2) is 6.61 Å². The Balaban J connectivity index is 1.28. The van der Waals surface area contributed by atoms with Crippen LogP contribution in [0.4, 0.5) is 10.5 Å². The maximum atomic E-state index is 12.3. The van der Waals surface area contributed by atoms with Gasteiger partial charge in [-0.05, 0) is 62.3 Å². The number of imide groups is 1. The lowest BCUT2D eigenvalue weighted by molar-refractivity contribution is -0.385. The average Bonchev–Trinajstić information content (AvgIpc) is 2.64. The Morgan fingerprint density at radius 3 is 2.24 bits per heavy atom. The first-order chi connectivity index (χ1) is 13.8. The quantitative estimate of drug-likeness (QED) is 0.443. The summed E-state index contributed by atoms with van der Waals surface area (Å²) in [5.41, 5.74) is -0.888. The van der Waals surface area contributed by atoms with Crippen LogP contribution >= 0.6 is 0 Å². The summed E-state index contributed by atoms with van der Waals surface area (Å²) in [6.07, 6.45) is 6.57. The number of para-hydroxylation sites is 1. The van der Waals surface area contributed by atoms with E-state index in [4.69, 9.17) is 4.74 Å². The van der Waals surface area contributed by atoms with Crippen molar-refractivity contribution in [2.24, 2.45) is 17.8 Å². The third-order valence-electron chi connectivity index (χ3n) is 6.32. The largest absolute Gasteiger partial charge is 0.452 e. The number of rotatable bonds is 5. The number of urea groups is 1. The molecule has 29 heavy (non-hydrogen) atoms. The van der Waals surface area contributed by atoms with Gasteiger partial charge in [-0.2, -0.15) is 0 Å². The van der Waals surface area contributed by atoms with Gasteiger partial charge in [0.05, 0.1) is 4.92 Å². The maximum Gasteiger partial charge on any atom is 0.345 e. The van der Waals surface area contributed by atoms with Gasteiger partial charge in [0.25, 0.3) is 11.6 Å². The monoisotopic (exact) mass is 401 g/mol. The maximum absolute atomic E-state index is 12.3. The van der Waals surface area contributed by atoms with Gasteiger partial charge in [0.1, 0.15) is 5.56 Å². The molecule has 2 N–H and O–H groups in total. The fourth-order valence-corrected chi connectivity index (χ4v) is 5.71. The summed E-state index contributed by atoms with van der Waals surface area (Å²) in [5, 5.41) is 16.2. The highest BCUT2D eigenvalue weighted by atomic mass is 16.6. The third kappa shape index (κ3) is 4.08. The van der Waals surface area contributed by atoms with Crippen LogP contribution in [0.2, 0.25) is 0 Å². The Morgan fingerprint density at radius 2 is 1.66 bits per heavy atom. The summed E-state index contributed by atoms with van der Waals surface area (Å²) >= 11 is 0. The molecule has 9 heteroatoms. The summed E-state index contributed by atoms with van der Waals surface area (Å²) < 4.78 is 4.84. The number of ether oxygens (including phenoxy) is 1. The van der Waals surface area contributed by atoms with Gasteiger partial charge in [-0.3, -0.25) is 20.2 Å². The lowest BCUT2D eigenvalue weighted by Gasteiger charge is -2.56. The van der Waals surface area contributed by atoms with E-state index in [-0.39, 0.29) is 11.1 Å². The third-order valence-corrected chi connectivity index (χ3v) is 6.32. The van der Waals surface area contributed by atoms with Crippen molar-refractivity contribution in [3.63, 3.8) is 0 Å². The van der Waals surface area contributed by atoms with Crippen LogP contribution in [0.25, 0.3) is 0 Å². The molecule has 4 fully saturated rings. The fourth-order valence-electron chi connectivity index (χ4n) is 5.71. The summed E-state index contributed by atoms with van der Waals surface area (Å²) in [6, 6.07) is 4.73. The number of carbonyl (C=O) groups excluding carboxylic acids is 3. The molecular formula is C20H23N3O6. The molecule has 4 saturated carbocycles. The number of benzene rings is 1. The van der Waals surface area contributed by atoms with Crippen LogP contribution in [0.15, 0.2) is 24.3 Å². The molecule has 0 aromatic heterocycles. The molecule has 0 aliphatic heterocycles. The van der Waals surface area contributed by atoms with Gasteiger partial charge in [0, 0.05) is 11.6 Å². The van der Waals surface area contributed by atoms with Gasteiger partial charge in [-0.15, -0.1) is 0 Å². The Bertz CT molecular complexity index is 832. The first kappa shape index (κ1) is 19.4. The summed E-state index contributed by atoms with van der Waals surface area (Å²) in [4.78, 5) is 46.7. The van der Waals surface area contributed by atoms with E-state index in [2.05, 4.69) is 10.6 Å². The highest BCUT2D eigenvalue weighted by Crippen LogP contribution is 2.55. The molecule has 0 unspecified atom stereocenters. The lowest BCUT2D eigenvalue weighted by Crippen LogP contribution is -2.62. The zero-order valence-corrected chi connectivity index (χ0v) is 15.9. The standard InChI is InChI=1S/C20H23N3O6/c24-17(11-29-18(25)15-3-1-2-4-16(15)23(27)28)21-19(26)22-20-8-12-5-13(9-20)7-14(6-12)10-20/h1-4,12-14H,5-11H2,(H2,21,22,24,26). The molecule has 3 amide bonds. The van der Waals surface area contributed by atoms with Crippen molar-refractivity contribution < 1.29 is 24.0 Å². The van der Waals surface area contributed by atoms with Crippen molar-refractivity contribution in [2.75, 3.05) is 6.61 Å². The van der Waals surface area contributed by atoms with Crippen LogP contribution in [0.1, 0.15) is 48.9 Å². The Morgan fingerprint density at radius 1 is 1.07 bits per heavy atom. The van der Waals surface area contributed by atoms with Crippen molar-refractivity contribution in [1.82, 2.24) is 10.6 Å². The van der Waals surface area contributed by atoms with Gasteiger partial charge in [0.2, 0.25) is 0 Å². The normalized spacial score (nSPS) is 29.2. The number of esters is 1. The minimum atomic E-state index is -0.992. The van der Waals surface area contributed by atoms with E-state index < -0.39 is 35.1 Å². The van der Waals surface area contributed by atoms with E-state index >= 15 is 0 Å². The molecule has 5 rings (SSSR count). The number of hydrogen-bond acceptors (Lipinski definition) is 6. The Hall–Kier alpha value is -2.97. The second-order valence-corrected chi connectivity index (χ2v) is 8.55. The number of amides is 3. The summed E-state index contributed by atoms with van der Waals surface area (Å²) in [6.45, 7) is -0.695. The molecule has 4 aliphatic carbocycles. The van der Waals surface area contributed by atoms with Crippen LogP contribution in [0, 0.1) is 27.9 Å². The van der Waals surface area contributed by atoms with Gasteiger partial charge in [-0.25, -0.2) is 9.59 Å². The van der Waals surface area contributed by atoms with Gasteiger partial charge < -0.3 is 10.1 Å². The molecule has 9 nitrogen and oxygen atoms in total. The van der Waals surface area contributed by atoms with E-state index in [9.17, 15) is 24.5 Å². The number of carbonyl (C=O) groups is 3. The number of nitro groups is 1. The van der Waals surface area contributed by atoms with E-state index in [1.54, 1.807) is 0 Å². The topological polar surface area (TPSA) is 128 Å². The molecule has 0 atom stereocenters. The molecule has 154 valence electrons. The molecule has 0 heterocycles. The minimum absolute atomic E-state index is 0.236. The lowest BCUT2D eigenvalue weighted by atomic mass is 9.53. The summed E-state index contributed by atoms with van der Waals surface area (Å²) in [7, 11) is 0. The van der Waals surface area contributed by atoms with Crippen molar-refractivity contribution >= 4 is 23.6 Å². The first-order valence-corrected chi connectivity index (χ1v) is 9.86. The predicted octanol–water partition coefficient (Wildman–Crippen LogP) is 2.55. The zero-order chi connectivity index (χ0) is 20.6. The average molecular weight is 401 g/mol. The van der Waals surface area contributed by atoms with Crippen LogP contribution in [0.5, 0.6) is 0 Å². The SMILES string of the molecule is O=C(COC(=O)c1ccccc1[N+](=O)[O-])NC(=O)NC12CC3CC(CC(C3)C1)C2. The molecule has 0 saturated heterocycles. The minimum Gasteiger partial charge on any atom is -0.452 e. The fraction of sp³-hybridized carbons (Fsp3) is 0.550. The molecule has 1 aromatic carbocycles. The number of nitrogens with zero attached hydrogens (tertiary/aromatic N) is 1. The first-order valence-electron chi connectivity index (χ1n) is 9.86. The molecule has 0 radical (unpaired) electrons. The van der Waals surface area contributed by atoms with Crippen molar-refractivity contribution in [1.29, 1.82) is 0 Å². The highest BCUT2D eigenvalue weighted by Gasteiger charge is 2.51. The van der Waals surface area contributed by atoms with E-state index in [0.29, 0.717) is 17.8 Å². The Kier molecular flexibility index (Phi) is 4.97. The van der Waals surface area contributed by atoms with Crippen molar-refractivity contribution in [3.05, 3.63) is 39.9 Å². The van der Waals surface area contributed by atoms with E-state index in [0.717, 1.165) is 19.3 Å². The Labute approximate surface area is 167 Å². The summed E-state index contributed by atoms with van der Waals surface area (Å²) in [5.74, 6) is 0.188. The molecule has 4 aliphatic rings. The number of hydrogen-bond donors (Lipinski definition) is 2. The van der Waals surface area contributed by atoms with Crippen LogP contribution in [0.3, 0.4) is 0 Å².